The van der Waals surface area contributed by atoms with Crippen molar-refractivity contribution in [1.82, 2.24) is 9.88 Å². The van der Waals surface area contributed by atoms with E-state index in [1.54, 1.807) is 35.2 Å². The van der Waals surface area contributed by atoms with E-state index < -0.39 is 12.1 Å². The van der Waals surface area contributed by atoms with Crippen LogP contribution in [-0.4, -0.2) is 34.5 Å². The summed E-state index contributed by atoms with van der Waals surface area (Å²) < 4.78 is 0. The zero-order valence-corrected chi connectivity index (χ0v) is 15.3. The smallest absolute Gasteiger partial charge is 0.375 e. The first-order valence-electron chi connectivity index (χ1n) is 8.57. The molecule has 1 amide bonds. The van der Waals surface area contributed by atoms with Gasteiger partial charge in [-0.05, 0) is 31.4 Å². The predicted octanol–water partition coefficient (Wildman–Crippen LogP) is 3.20. The monoisotopic (exact) mass is 375 g/mol. The summed E-state index contributed by atoms with van der Waals surface area (Å²) in [7, 11) is 0. The molecule has 0 bridgehead atoms. The van der Waals surface area contributed by atoms with Gasteiger partial charge in [-0.3, -0.25) is 0 Å². The fraction of sp³-hybridized carbons (Fsp3) is 0.389. The standard InChI is InChI=1S/C18H21N3O4S/c1-2-10-21(13-8-9-14-15(11-13)26-17(19)20-14)18(23)25-24-16(22)12-6-4-3-5-7-12/h3-7,13H,2,8-11H2,1H3,(H2,19,20). The maximum atomic E-state index is 12.5. The van der Waals surface area contributed by atoms with Crippen molar-refractivity contribution in [2.45, 2.75) is 38.6 Å². The first kappa shape index (κ1) is 18.2. The zero-order valence-electron chi connectivity index (χ0n) is 14.5. The van der Waals surface area contributed by atoms with Crippen LogP contribution in [0, 0.1) is 0 Å². The quantitative estimate of drug-likeness (QED) is 0.651. The molecule has 1 heterocycles. The molecule has 0 saturated heterocycles. The fourth-order valence-electron chi connectivity index (χ4n) is 3.05. The van der Waals surface area contributed by atoms with Crippen molar-refractivity contribution >= 4 is 28.5 Å². The van der Waals surface area contributed by atoms with Gasteiger partial charge in [0.1, 0.15) is 0 Å². The van der Waals surface area contributed by atoms with Crippen molar-refractivity contribution in [3.8, 4) is 0 Å². The number of aryl methyl sites for hydroxylation is 1. The molecule has 0 fully saturated rings. The third-order valence-corrected chi connectivity index (χ3v) is 5.22. The molecule has 8 heteroatoms. The molecule has 7 nitrogen and oxygen atoms in total. The van der Waals surface area contributed by atoms with Crippen molar-refractivity contribution in [2.75, 3.05) is 12.3 Å². The molecule has 2 N–H and O–H groups in total. The summed E-state index contributed by atoms with van der Waals surface area (Å²) in [5.74, 6) is -0.698. The molecule has 2 aromatic rings. The van der Waals surface area contributed by atoms with E-state index in [-0.39, 0.29) is 6.04 Å². The van der Waals surface area contributed by atoms with Crippen LogP contribution in [0.4, 0.5) is 9.93 Å². The summed E-state index contributed by atoms with van der Waals surface area (Å²) in [6.45, 7) is 2.51. The van der Waals surface area contributed by atoms with E-state index in [2.05, 4.69) is 4.98 Å². The summed E-state index contributed by atoms with van der Waals surface area (Å²) in [5, 5.41) is 0.553. The summed E-state index contributed by atoms with van der Waals surface area (Å²) in [6, 6.07) is 8.37. The number of nitrogen functional groups attached to an aromatic ring is 1. The maximum absolute atomic E-state index is 12.5. The topological polar surface area (TPSA) is 94.8 Å². The van der Waals surface area contributed by atoms with Crippen molar-refractivity contribution in [2.24, 2.45) is 0 Å². The molecule has 3 rings (SSSR count). The van der Waals surface area contributed by atoms with Gasteiger partial charge in [0, 0.05) is 23.9 Å². The minimum atomic E-state index is -0.698. The first-order chi connectivity index (χ1) is 12.6. The average Bonchev–Trinajstić information content (AvgIpc) is 3.03. The Morgan fingerprint density at radius 1 is 1.31 bits per heavy atom. The summed E-state index contributed by atoms with van der Waals surface area (Å²) in [4.78, 5) is 41.0. The van der Waals surface area contributed by atoms with Crippen LogP contribution in [0.1, 0.15) is 40.7 Å². The van der Waals surface area contributed by atoms with Gasteiger partial charge < -0.3 is 10.6 Å². The van der Waals surface area contributed by atoms with Crippen molar-refractivity contribution in [1.29, 1.82) is 0 Å². The molecule has 1 aliphatic rings. The Labute approximate surface area is 155 Å². The predicted molar refractivity (Wildman–Crippen MR) is 97.7 cm³/mol. The average molecular weight is 375 g/mol. The first-order valence-corrected chi connectivity index (χ1v) is 9.38. The Bertz CT molecular complexity index is 778. The van der Waals surface area contributed by atoms with Crippen LogP contribution in [0.5, 0.6) is 0 Å². The van der Waals surface area contributed by atoms with Crippen molar-refractivity contribution in [3.05, 3.63) is 46.5 Å². The number of hydrogen-bond donors (Lipinski definition) is 1. The Morgan fingerprint density at radius 2 is 2.08 bits per heavy atom. The lowest BCUT2D eigenvalue weighted by molar-refractivity contribution is -0.194. The van der Waals surface area contributed by atoms with E-state index in [1.807, 2.05) is 6.92 Å². The number of carbonyl (C=O) groups excluding carboxylic acids is 2. The van der Waals surface area contributed by atoms with Gasteiger partial charge in [0.2, 0.25) is 0 Å². The number of aromatic nitrogens is 1. The molecule has 1 aliphatic carbocycles. The molecule has 0 aliphatic heterocycles. The van der Waals surface area contributed by atoms with Gasteiger partial charge in [0.05, 0.1) is 11.3 Å². The van der Waals surface area contributed by atoms with Gasteiger partial charge >= 0.3 is 12.1 Å². The molecule has 1 atom stereocenters. The third-order valence-electron chi connectivity index (χ3n) is 4.27. The van der Waals surface area contributed by atoms with Gasteiger partial charge in [0.15, 0.2) is 5.13 Å². The van der Waals surface area contributed by atoms with Crippen molar-refractivity contribution < 1.29 is 19.4 Å². The van der Waals surface area contributed by atoms with Crippen LogP contribution in [-0.2, 0) is 22.6 Å². The van der Waals surface area contributed by atoms with E-state index in [1.165, 1.54) is 11.3 Å². The van der Waals surface area contributed by atoms with E-state index in [9.17, 15) is 9.59 Å². The van der Waals surface area contributed by atoms with Crippen LogP contribution in [0.25, 0.3) is 0 Å². The Morgan fingerprint density at radius 3 is 2.81 bits per heavy atom. The SMILES string of the molecule is CCCN(C(=O)OOC(=O)c1ccccc1)C1CCc2nc(N)sc2C1. The molecule has 1 aromatic carbocycles. The molecular formula is C18H21N3O4S. The van der Waals surface area contributed by atoms with Crippen molar-refractivity contribution in [3.63, 3.8) is 0 Å². The zero-order chi connectivity index (χ0) is 18.5. The Kier molecular flexibility index (Phi) is 5.72. The third kappa shape index (κ3) is 4.13. The van der Waals surface area contributed by atoms with Crippen LogP contribution < -0.4 is 5.73 Å². The number of hydrogen-bond acceptors (Lipinski definition) is 7. The molecule has 0 spiro atoms. The maximum Gasteiger partial charge on any atom is 0.453 e. The van der Waals surface area contributed by atoms with Crippen LogP contribution >= 0.6 is 11.3 Å². The number of fused-ring (bicyclic) bond motifs is 1. The fourth-order valence-corrected chi connectivity index (χ4v) is 4.00. The number of nitrogens with two attached hydrogens (primary N) is 1. The highest BCUT2D eigenvalue weighted by atomic mass is 32.1. The Balaban J connectivity index is 1.62. The number of carbonyl (C=O) groups is 2. The Hall–Kier alpha value is -2.61. The second-order valence-corrected chi connectivity index (χ2v) is 7.21. The lowest BCUT2D eigenvalue weighted by Gasteiger charge is -2.32. The van der Waals surface area contributed by atoms with E-state index in [0.29, 0.717) is 23.7 Å². The summed E-state index contributed by atoms with van der Waals surface area (Å²) >= 11 is 1.46. The minimum Gasteiger partial charge on any atom is -0.375 e. The molecule has 1 unspecified atom stereocenters. The number of anilines is 1. The number of amides is 1. The highest BCUT2D eigenvalue weighted by Crippen LogP contribution is 2.30. The highest BCUT2D eigenvalue weighted by molar-refractivity contribution is 7.15. The lowest BCUT2D eigenvalue weighted by Crippen LogP contribution is -2.44. The minimum absolute atomic E-state index is 0.0229. The van der Waals surface area contributed by atoms with Gasteiger partial charge in [-0.1, -0.05) is 25.1 Å². The molecular weight excluding hydrogens is 354 g/mol. The number of rotatable bonds is 4. The highest BCUT2D eigenvalue weighted by Gasteiger charge is 2.31. The lowest BCUT2D eigenvalue weighted by atomic mass is 9.96. The van der Waals surface area contributed by atoms with E-state index in [4.69, 9.17) is 15.5 Å². The van der Waals surface area contributed by atoms with Gasteiger partial charge in [-0.15, -0.1) is 11.3 Å². The second kappa shape index (κ2) is 8.18. The number of benzene rings is 1. The van der Waals surface area contributed by atoms with Crippen LogP contribution in [0.15, 0.2) is 30.3 Å². The molecule has 1 aromatic heterocycles. The summed E-state index contributed by atoms with van der Waals surface area (Å²) in [6.07, 6.45) is 2.35. The molecule has 0 saturated carbocycles. The molecule has 26 heavy (non-hydrogen) atoms. The normalized spacial score (nSPS) is 15.8. The molecule has 138 valence electrons. The number of thiazole rings is 1. The van der Waals surface area contributed by atoms with E-state index in [0.717, 1.165) is 29.8 Å². The number of nitrogens with zero attached hydrogens (tertiary/aromatic N) is 2. The second-order valence-electron chi connectivity index (χ2n) is 6.10. The van der Waals surface area contributed by atoms with E-state index >= 15 is 0 Å². The van der Waals surface area contributed by atoms with Gasteiger partial charge in [-0.2, -0.15) is 0 Å². The van der Waals surface area contributed by atoms with Gasteiger partial charge in [0.25, 0.3) is 0 Å². The summed E-state index contributed by atoms with van der Waals surface area (Å²) in [5.41, 5.74) is 7.12. The van der Waals surface area contributed by atoms with Gasteiger partial charge in [-0.25, -0.2) is 24.3 Å². The van der Waals surface area contributed by atoms with Crippen LogP contribution in [0.3, 0.4) is 0 Å². The molecule has 0 radical (unpaired) electrons. The largest absolute Gasteiger partial charge is 0.453 e. The van der Waals surface area contributed by atoms with Crippen LogP contribution in [0.2, 0.25) is 0 Å².